The predicted octanol–water partition coefficient (Wildman–Crippen LogP) is 2.28. The van der Waals surface area contributed by atoms with E-state index in [9.17, 15) is 14.4 Å². The van der Waals surface area contributed by atoms with Gasteiger partial charge in [0.1, 0.15) is 5.75 Å². The standard InChI is InChI=1S/C22H25N3O4/c1-16-8-10-18(11-9-16)29-15-21(27)24-23-20(26)12-13-22(28)25-14-4-6-17-5-2-3-7-19(17)25/h2-3,5,7-11H,4,6,12-15H2,1H3,(H,23,26)(H,24,27). The molecule has 0 fully saturated rings. The number of hydrogen-bond donors (Lipinski definition) is 2. The van der Waals surface area contributed by atoms with Crippen LogP contribution in [-0.2, 0) is 20.8 Å². The zero-order valence-corrected chi connectivity index (χ0v) is 16.4. The van der Waals surface area contributed by atoms with Crippen molar-refractivity contribution < 1.29 is 19.1 Å². The average molecular weight is 395 g/mol. The van der Waals surface area contributed by atoms with E-state index in [4.69, 9.17) is 4.74 Å². The van der Waals surface area contributed by atoms with Crippen molar-refractivity contribution in [2.45, 2.75) is 32.6 Å². The van der Waals surface area contributed by atoms with Crippen molar-refractivity contribution >= 4 is 23.4 Å². The van der Waals surface area contributed by atoms with Crippen molar-refractivity contribution in [2.75, 3.05) is 18.1 Å². The van der Waals surface area contributed by atoms with E-state index in [1.54, 1.807) is 17.0 Å². The Kier molecular flexibility index (Phi) is 6.84. The first kappa shape index (κ1) is 20.4. The molecule has 0 unspecified atom stereocenters. The molecule has 1 aliphatic heterocycles. The van der Waals surface area contributed by atoms with E-state index in [1.807, 2.05) is 43.3 Å². The molecule has 2 aromatic carbocycles. The van der Waals surface area contributed by atoms with E-state index in [1.165, 1.54) is 0 Å². The van der Waals surface area contributed by atoms with Crippen LogP contribution in [0, 0.1) is 6.92 Å². The van der Waals surface area contributed by atoms with Crippen molar-refractivity contribution in [3.8, 4) is 5.75 Å². The Morgan fingerprint density at radius 2 is 1.69 bits per heavy atom. The molecule has 0 atom stereocenters. The van der Waals surface area contributed by atoms with Gasteiger partial charge >= 0.3 is 0 Å². The lowest BCUT2D eigenvalue weighted by atomic mass is 10.0. The maximum absolute atomic E-state index is 12.5. The zero-order chi connectivity index (χ0) is 20.6. The van der Waals surface area contributed by atoms with Crippen LogP contribution in [0.5, 0.6) is 5.75 Å². The molecule has 1 heterocycles. The Labute approximate surface area is 170 Å². The second kappa shape index (κ2) is 9.73. The number of carbonyl (C=O) groups is 3. The number of carbonyl (C=O) groups excluding carboxylic acids is 3. The number of para-hydroxylation sites is 1. The van der Waals surface area contributed by atoms with E-state index in [0.717, 1.165) is 29.7 Å². The fourth-order valence-electron chi connectivity index (χ4n) is 3.17. The smallest absolute Gasteiger partial charge is 0.276 e. The lowest BCUT2D eigenvalue weighted by Crippen LogP contribution is -2.44. The summed E-state index contributed by atoms with van der Waals surface area (Å²) in [6.07, 6.45) is 1.94. The number of amides is 3. The molecule has 0 saturated heterocycles. The normalized spacial score (nSPS) is 12.7. The average Bonchev–Trinajstić information content (AvgIpc) is 2.75. The molecule has 0 spiro atoms. The summed E-state index contributed by atoms with van der Waals surface area (Å²) in [5.74, 6) is -0.423. The number of ether oxygens (including phenoxy) is 1. The van der Waals surface area contributed by atoms with Gasteiger partial charge in [-0.3, -0.25) is 25.2 Å². The fourth-order valence-corrected chi connectivity index (χ4v) is 3.17. The van der Waals surface area contributed by atoms with Crippen LogP contribution in [0.1, 0.15) is 30.4 Å². The summed E-state index contributed by atoms with van der Waals surface area (Å²) in [5.41, 5.74) is 7.78. The predicted molar refractivity (Wildman–Crippen MR) is 109 cm³/mol. The first-order chi connectivity index (χ1) is 14.0. The van der Waals surface area contributed by atoms with Gasteiger partial charge in [0.25, 0.3) is 5.91 Å². The van der Waals surface area contributed by atoms with Gasteiger partial charge in [0.05, 0.1) is 0 Å². The fraction of sp³-hybridized carbons (Fsp3) is 0.318. The van der Waals surface area contributed by atoms with Gasteiger partial charge in [0.2, 0.25) is 11.8 Å². The minimum Gasteiger partial charge on any atom is -0.484 e. The van der Waals surface area contributed by atoms with Crippen molar-refractivity contribution in [3.05, 3.63) is 59.7 Å². The SMILES string of the molecule is Cc1ccc(OCC(=O)NNC(=O)CCC(=O)N2CCCc3ccccc32)cc1. The molecule has 0 radical (unpaired) electrons. The molecule has 152 valence electrons. The van der Waals surface area contributed by atoms with Crippen LogP contribution >= 0.6 is 0 Å². The van der Waals surface area contributed by atoms with Gasteiger partial charge in [-0.1, -0.05) is 35.9 Å². The quantitative estimate of drug-likeness (QED) is 0.735. The Balaban J connectivity index is 1.38. The molecule has 0 bridgehead atoms. The maximum atomic E-state index is 12.5. The minimum absolute atomic E-state index is 0.00337. The molecule has 0 saturated carbocycles. The van der Waals surface area contributed by atoms with Crippen molar-refractivity contribution in [2.24, 2.45) is 0 Å². The molecule has 7 nitrogen and oxygen atoms in total. The third-order valence-corrected chi connectivity index (χ3v) is 4.71. The van der Waals surface area contributed by atoms with Crippen LogP contribution in [0.4, 0.5) is 5.69 Å². The molecule has 2 aromatic rings. The third kappa shape index (κ3) is 5.81. The molecule has 3 rings (SSSR count). The van der Waals surface area contributed by atoms with Gasteiger partial charge in [0.15, 0.2) is 6.61 Å². The molecule has 0 aliphatic carbocycles. The van der Waals surface area contributed by atoms with Crippen LogP contribution in [-0.4, -0.2) is 30.9 Å². The number of hydrazine groups is 1. The van der Waals surface area contributed by atoms with Gasteiger partial charge in [-0.05, 0) is 43.5 Å². The Hall–Kier alpha value is -3.35. The number of nitrogens with zero attached hydrogens (tertiary/aromatic N) is 1. The number of fused-ring (bicyclic) bond motifs is 1. The third-order valence-electron chi connectivity index (χ3n) is 4.71. The van der Waals surface area contributed by atoms with E-state index >= 15 is 0 Å². The Morgan fingerprint density at radius 1 is 0.966 bits per heavy atom. The van der Waals surface area contributed by atoms with Crippen LogP contribution in [0.3, 0.4) is 0 Å². The highest BCUT2D eigenvalue weighted by Crippen LogP contribution is 2.27. The Morgan fingerprint density at radius 3 is 2.48 bits per heavy atom. The van der Waals surface area contributed by atoms with Crippen LogP contribution in [0.15, 0.2) is 48.5 Å². The summed E-state index contributed by atoms with van der Waals surface area (Å²) >= 11 is 0. The van der Waals surface area contributed by atoms with Gasteiger partial charge in [0, 0.05) is 25.1 Å². The van der Waals surface area contributed by atoms with E-state index in [-0.39, 0.29) is 25.4 Å². The molecule has 3 amide bonds. The molecule has 0 aromatic heterocycles. The summed E-state index contributed by atoms with van der Waals surface area (Å²) in [5, 5.41) is 0. The summed E-state index contributed by atoms with van der Waals surface area (Å²) in [7, 11) is 0. The second-order valence-corrected chi connectivity index (χ2v) is 6.98. The number of rotatable bonds is 6. The topological polar surface area (TPSA) is 87.7 Å². The van der Waals surface area contributed by atoms with Crippen molar-refractivity contribution in [1.82, 2.24) is 10.9 Å². The van der Waals surface area contributed by atoms with Gasteiger partial charge in [-0.15, -0.1) is 0 Å². The van der Waals surface area contributed by atoms with Gasteiger partial charge in [-0.2, -0.15) is 0 Å². The maximum Gasteiger partial charge on any atom is 0.276 e. The Bertz CT molecular complexity index is 880. The molecule has 1 aliphatic rings. The van der Waals surface area contributed by atoms with Gasteiger partial charge < -0.3 is 9.64 Å². The van der Waals surface area contributed by atoms with Crippen molar-refractivity contribution in [3.63, 3.8) is 0 Å². The van der Waals surface area contributed by atoms with Gasteiger partial charge in [-0.25, -0.2) is 0 Å². The zero-order valence-electron chi connectivity index (χ0n) is 16.4. The van der Waals surface area contributed by atoms with Crippen molar-refractivity contribution in [1.29, 1.82) is 0 Å². The molecular weight excluding hydrogens is 370 g/mol. The lowest BCUT2D eigenvalue weighted by Gasteiger charge is -2.29. The minimum atomic E-state index is -0.477. The summed E-state index contributed by atoms with van der Waals surface area (Å²) < 4.78 is 5.34. The number of nitrogens with one attached hydrogen (secondary N) is 2. The van der Waals surface area contributed by atoms with E-state index < -0.39 is 11.8 Å². The highest BCUT2D eigenvalue weighted by Gasteiger charge is 2.22. The van der Waals surface area contributed by atoms with Crippen LogP contribution in [0.25, 0.3) is 0 Å². The summed E-state index contributed by atoms with van der Waals surface area (Å²) in [6.45, 7) is 2.40. The molecule has 29 heavy (non-hydrogen) atoms. The molecular formula is C22H25N3O4. The molecule has 7 heteroatoms. The van der Waals surface area contributed by atoms with E-state index in [0.29, 0.717) is 12.3 Å². The van der Waals surface area contributed by atoms with Crippen LogP contribution in [0.2, 0.25) is 0 Å². The largest absolute Gasteiger partial charge is 0.484 e. The first-order valence-corrected chi connectivity index (χ1v) is 9.68. The molecule has 2 N–H and O–H groups in total. The number of aryl methyl sites for hydroxylation is 2. The number of hydrogen-bond acceptors (Lipinski definition) is 4. The monoisotopic (exact) mass is 395 g/mol. The highest BCUT2D eigenvalue weighted by molar-refractivity contribution is 5.96. The number of anilines is 1. The number of benzene rings is 2. The summed E-state index contributed by atoms with van der Waals surface area (Å²) in [4.78, 5) is 38.0. The van der Waals surface area contributed by atoms with E-state index in [2.05, 4.69) is 10.9 Å². The second-order valence-electron chi connectivity index (χ2n) is 6.98. The summed E-state index contributed by atoms with van der Waals surface area (Å²) in [6, 6.07) is 15.1. The van der Waals surface area contributed by atoms with Crippen LogP contribution < -0.4 is 20.5 Å². The first-order valence-electron chi connectivity index (χ1n) is 9.68. The lowest BCUT2D eigenvalue weighted by molar-refractivity contribution is -0.130. The highest BCUT2D eigenvalue weighted by atomic mass is 16.5.